The van der Waals surface area contributed by atoms with Gasteiger partial charge in [-0.2, -0.15) is 0 Å². The summed E-state index contributed by atoms with van der Waals surface area (Å²) in [6, 6.07) is 7.76. The highest BCUT2D eigenvalue weighted by Crippen LogP contribution is 2.08. The van der Waals surface area contributed by atoms with E-state index >= 15 is 0 Å². The number of hydrogen-bond donors (Lipinski definition) is 1. The fourth-order valence-electron chi connectivity index (χ4n) is 2.70. The van der Waals surface area contributed by atoms with Crippen molar-refractivity contribution in [2.75, 3.05) is 6.54 Å². The number of pyridine rings is 1. The molecule has 0 unspecified atom stereocenters. The summed E-state index contributed by atoms with van der Waals surface area (Å²) in [6.45, 7) is 0.239. The first-order valence-electron chi connectivity index (χ1n) is 7.97. The first-order chi connectivity index (χ1) is 12.4. The summed E-state index contributed by atoms with van der Waals surface area (Å²) in [4.78, 5) is 40.5. The van der Waals surface area contributed by atoms with Gasteiger partial charge in [-0.25, -0.2) is 14.2 Å². The lowest BCUT2D eigenvalue weighted by atomic mass is 10.1. The Morgan fingerprint density at radius 1 is 1.19 bits per heavy atom. The first-order valence-corrected chi connectivity index (χ1v) is 7.97. The molecule has 0 aliphatic carbocycles. The summed E-state index contributed by atoms with van der Waals surface area (Å²) < 4.78 is 15.8. The number of carbonyl (C=O) groups excluding carboxylic acids is 1. The van der Waals surface area contributed by atoms with E-state index in [4.69, 9.17) is 0 Å². The average molecular weight is 356 g/mol. The molecule has 1 N–H and O–H groups in total. The number of aryl methyl sites for hydroxylation is 1. The standard InChI is InChI=1S/C18H17FN4O3/c1-22-15-13(17(25)23(2)18(22)26)9-12(10-21-15)16(24)20-8-7-11-5-3-4-6-14(11)19/h3-6,9-10H,7-8H2,1-2H3,(H,20,24). The van der Waals surface area contributed by atoms with Crippen molar-refractivity contribution in [3.63, 3.8) is 0 Å². The van der Waals surface area contributed by atoms with E-state index in [0.29, 0.717) is 12.0 Å². The van der Waals surface area contributed by atoms with Gasteiger partial charge in [0.25, 0.3) is 11.5 Å². The molecule has 134 valence electrons. The number of halogens is 1. The van der Waals surface area contributed by atoms with E-state index in [9.17, 15) is 18.8 Å². The van der Waals surface area contributed by atoms with E-state index in [-0.39, 0.29) is 29.0 Å². The van der Waals surface area contributed by atoms with Gasteiger partial charge in [0.15, 0.2) is 0 Å². The van der Waals surface area contributed by atoms with E-state index in [1.54, 1.807) is 18.2 Å². The van der Waals surface area contributed by atoms with Crippen LogP contribution in [0.15, 0.2) is 46.1 Å². The van der Waals surface area contributed by atoms with Crippen molar-refractivity contribution in [2.45, 2.75) is 6.42 Å². The number of carbonyl (C=O) groups is 1. The van der Waals surface area contributed by atoms with Crippen molar-refractivity contribution >= 4 is 16.9 Å². The fraction of sp³-hybridized carbons (Fsp3) is 0.222. The highest BCUT2D eigenvalue weighted by Gasteiger charge is 2.13. The van der Waals surface area contributed by atoms with Crippen molar-refractivity contribution in [2.24, 2.45) is 14.1 Å². The Hall–Kier alpha value is -3.29. The molecule has 3 aromatic rings. The van der Waals surface area contributed by atoms with Crippen molar-refractivity contribution in [3.8, 4) is 0 Å². The molecule has 0 saturated carbocycles. The molecular formula is C18H17FN4O3. The zero-order valence-corrected chi connectivity index (χ0v) is 14.3. The number of fused-ring (bicyclic) bond motifs is 1. The second kappa shape index (κ2) is 6.91. The van der Waals surface area contributed by atoms with Gasteiger partial charge in [0.2, 0.25) is 0 Å². The molecule has 7 nitrogen and oxygen atoms in total. The van der Waals surface area contributed by atoms with Gasteiger partial charge in [-0.15, -0.1) is 0 Å². The normalized spacial score (nSPS) is 10.9. The maximum Gasteiger partial charge on any atom is 0.332 e. The Morgan fingerprint density at radius 2 is 1.92 bits per heavy atom. The topological polar surface area (TPSA) is 86.0 Å². The Bertz CT molecular complexity index is 1120. The Kier molecular flexibility index (Phi) is 4.66. The van der Waals surface area contributed by atoms with Gasteiger partial charge in [0, 0.05) is 26.8 Å². The van der Waals surface area contributed by atoms with Crippen LogP contribution in [0.3, 0.4) is 0 Å². The van der Waals surface area contributed by atoms with Crippen LogP contribution in [0.2, 0.25) is 0 Å². The summed E-state index contributed by atoms with van der Waals surface area (Å²) >= 11 is 0. The highest BCUT2D eigenvalue weighted by molar-refractivity contribution is 5.96. The third kappa shape index (κ3) is 3.13. The van der Waals surface area contributed by atoms with Crippen molar-refractivity contribution in [1.82, 2.24) is 19.4 Å². The lowest BCUT2D eigenvalue weighted by Gasteiger charge is -2.09. The van der Waals surface area contributed by atoms with Crippen molar-refractivity contribution in [3.05, 3.63) is 74.3 Å². The minimum absolute atomic E-state index is 0.177. The molecule has 0 fully saturated rings. The predicted octanol–water partition coefficient (Wildman–Crippen LogP) is 0.744. The van der Waals surface area contributed by atoms with Gasteiger partial charge < -0.3 is 5.32 Å². The van der Waals surface area contributed by atoms with Crippen LogP contribution >= 0.6 is 0 Å². The van der Waals surface area contributed by atoms with Crippen molar-refractivity contribution < 1.29 is 9.18 Å². The van der Waals surface area contributed by atoms with Gasteiger partial charge in [0.05, 0.1) is 10.9 Å². The molecule has 8 heteroatoms. The second-order valence-corrected chi connectivity index (χ2v) is 5.90. The molecule has 2 aromatic heterocycles. The molecule has 26 heavy (non-hydrogen) atoms. The highest BCUT2D eigenvalue weighted by atomic mass is 19.1. The average Bonchev–Trinajstić information content (AvgIpc) is 2.65. The number of benzene rings is 1. The number of nitrogens with one attached hydrogen (secondary N) is 1. The third-order valence-corrected chi connectivity index (χ3v) is 4.19. The van der Waals surface area contributed by atoms with Crippen molar-refractivity contribution in [1.29, 1.82) is 0 Å². The fourth-order valence-corrected chi connectivity index (χ4v) is 2.70. The Balaban J connectivity index is 1.82. The zero-order chi connectivity index (χ0) is 18.8. The molecular weight excluding hydrogens is 339 g/mol. The summed E-state index contributed by atoms with van der Waals surface area (Å²) in [5, 5.41) is 2.85. The first kappa shape index (κ1) is 17.5. The van der Waals surface area contributed by atoms with Gasteiger partial charge in [-0.1, -0.05) is 18.2 Å². The van der Waals surface area contributed by atoms with E-state index in [2.05, 4.69) is 10.3 Å². The molecule has 0 aliphatic rings. The van der Waals surface area contributed by atoms with Gasteiger partial charge in [0.1, 0.15) is 11.5 Å². The van der Waals surface area contributed by atoms with Gasteiger partial charge in [-0.3, -0.25) is 18.7 Å². The molecule has 1 amide bonds. The largest absolute Gasteiger partial charge is 0.352 e. The van der Waals surface area contributed by atoms with E-state index < -0.39 is 17.2 Å². The van der Waals surface area contributed by atoms with Crippen LogP contribution in [0.5, 0.6) is 0 Å². The third-order valence-electron chi connectivity index (χ3n) is 4.19. The molecule has 0 radical (unpaired) electrons. The molecule has 1 aromatic carbocycles. The van der Waals surface area contributed by atoms with Crippen LogP contribution in [-0.4, -0.2) is 26.6 Å². The quantitative estimate of drug-likeness (QED) is 0.747. The molecule has 0 atom stereocenters. The monoisotopic (exact) mass is 356 g/mol. The summed E-state index contributed by atoms with van der Waals surface area (Å²) in [5.74, 6) is -0.745. The minimum Gasteiger partial charge on any atom is -0.352 e. The number of aromatic nitrogens is 3. The molecule has 0 spiro atoms. The molecule has 0 aliphatic heterocycles. The second-order valence-electron chi connectivity index (χ2n) is 5.90. The van der Waals surface area contributed by atoms with Gasteiger partial charge >= 0.3 is 5.69 Å². The molecule has 2 heterocycles. The zero-order valence-electron chi connectivity index (χ0n) is 14.3. The minimum atomic E-state index is -0.517. The van der Waals surface area contributed by atoms with E-state index in [0.717, 1.165) is 4.57 Å². The summed E-state index contributed by atoms with van der Waals surface area (Å²) in [6.07, 6.45) is 1.65. The maximum atomic E-state index is 13.6. The van der Waals surface area contributed by atoms with Crippen LogP contribution in [0.4, 0.5) is 4.39 Å². The Morgan fingerprint density at radius 3 is 2.65 bits per heavy atom. The number of rotatable bonds is 4. The Labute approximate surface area is 147 Å². The lowest BCUT2D eigenvalue weighted by molar-refractivity contribution is 0.0954. The number of hydrogen-bond acceptors (Lipinski definition) is 4. The van der Waals surface area contributed by atoms with Crippen LogP contribution in [0, 0.1) is 5.82 Å². The van der Waals surface area contributed by atoms with Gasteiger partial charge in [-0.05, 0) is 24.1 Å². The predicted molar refractivity (Wildman–Crippen MR) is 94.7 cm³/mol. The summed E-state index contributed by atoms with van der Waals surface area (Å²) in [5.41, 5.74) is -0.0928. The number of nitrogens with zero attached hydrogens (tertiary/aromatic N) is 3. The lowest BCUT2D eigenvalue weighted by Crippen LogP contribution is -2.37. The van der Waals surface area contributed by atoms with E-state index in [1.165, 1.54) is 37.0 Å². The van der Waals surface area contributed by atoms with Crippen LogP contribution in [0.1, 0.15) is 15.9 Å². The smallest absolute Gasteiger partial charge is 0.332 e. The van der Waals surface area contributed by atoms with Crippen LogP contribution in [-0.2, 0) is 20.5 Å². The maximum absolute atomic E-state index is 13.6. The van der Waals surface area contributed by atoms with E-state index in [1.807, 2.05) is 0 Å². The number of amides is 1. The molecule has 0 saturated heterocycles. The van der Waals surface area contributed by atoms with Crippen LogP contribution in [0.25, 0.3) is 11.0 Å². The molecule has 3 rings (SSSR count). The van der Waals surface area contributed by atoms with Crippen LogP contribution < -0.4 is 16.6 Å². The summed E-state index contributed by atoms with van der Waals surface area (Å²) in [7, 11) is 2.87. The SMILES string of the molecule is Cn1c(=O)c2cc(C(=O)NCCc3ccccc3F)cnc2n(C)c1=O. The molecule has 0 bridgehead atoms.